The van der Waals surface area contributed by atoms with Crippen LogP contribution in [0.1, 0.15) is 10.7 Å². The van der Waals surface area contributed by atoms with Crippen LogP contribution in [0, 0.1) is 12.7 Å². The number of thiazole rings is 1. The second-order valence-electron chi connectivity index (χ2n) is 3.22. The first-order valence-electron chi connectivity index (χ1n) is 4.64. The lowest BCUT2D eigenvalue weighted by atomic mass is 10.3. The molecule has 16 heavy (non-hydrogen) atoms. The van der Waals surface area contributed by atoms with Crippen molar-refractivity contribution < 1.29 is 9.13 Å². The molecule has 0 N–H and O–H groups in total. The van der Waals surface area contributed by atoms with Crippen molar-refractivity contribution in [3.8, 4) is 5.75 Å². The van der Waals surface area contributed by atoms with Crippen molar-refractivity contribution in [2.45, 2.75) is 13.5 Å². The van der Waals surface area contributed by atoms with Gasteiger partial charge in [0.2, 0.25) is 0 Å². The summed E-state index contributed by atoms with van der Waals surface area (Å²) in [5.41, 5.74) is 0.860. The summed E-state index contributed by atoms with van der Waals surface area (Å²) in [6.07, 6.45) is 0. The molecule has 0 fully saturated rings. The molecule has 2 aromatic rings. The molecule has 0 aliphatic rings. The normalized spacial score (nSPS) is 10.4. The molecule has 0 radical (unpaired) electrons. The van der Waals surface area contributed by atoms with Gasteiger partial charge >= 0.3 is 0 Å². The number of ether oxygens (including phenoxy) is 1. The minimum absolute atomic E-state index is 0.312. The van der Waals surface area contributed by atoms with Gasteiger partial charge in [0.05, 0.1) is 15.2 Å². The lowest BCUT2D eigenvalue weighted by molar-refractivity contribution is 0.298. The van der Waals surface area contributed by atoms with Crippen LogP contribution in [-0.2, 0) is 6.61 Å². The van der Waals surface area contributed by atoms with Crippen LogP contribution in [0.5, 0.6) is 5.75 Å². The van der Waals surface area contributed by atoms with E-state index >= 15 is 0 Å². The summed E-state index contributed by atoms with van der Waals surface area (Å²) in [6.45, 7) is 2.29. The molecule has 0 bridgehead atoms. The van der Waals surface area contributed by atoms with E-state index in [0.717, 1.165) is 15.2 Å². The van der Waals surface area contributed by atoms with Gasteiger partial charge in [-0.2, -0.15) is 0 Å². The van der Waals surface area contributed by atoms with Gasteiger partial charge in [-0.15, -0.1) is 11.3 Å². The highest BCUT2D eigenvalue weighted by Gasteiger charge is 2.04. The molecule has 0 unspecified atom stereocenters. The SMILES string of the molecule is Cc1nc(COc2cc(F)ccc2Br)cs1. The Labute approximate surface area is 105 Å². The quantitative estimate of drug-likeness (QED) is 0.857. The van der Waals surface area contributed by atoms with Crippen molar-refractivity contribution in [1.29, 1.82) is 0 Å². The molecule has 2 nitrogen and oxygen atoms in total. The number of aromatic nitrogens is 1. The van der Waals surface area contributed by atoms with Gasteiger partial charge < -0.3 is 4.74 Å². The average Bonchev–Trinajstić information content (AvgIpc) is 2.66. The van der Waals surface area contributed by atoms with Crippen molar-refractivity contribution >= 4 is 27.3 Å². The van der Waals surface area contributed by atoms with Crippen LogP contribution < -0.4 is 4.74 Å². The van der Waals surface area contributed by atoms with E-state index in [1.807, 2.05) is 12.3 Å². The number of nitrogens with zero attached hydrogens (tertiary/aromatic N) is 1. The Morgan fingerprint density at radius 1 is 1.50 bits per heavy atom. The summed E-state index contributed by atoms with van der Waals surface area (Å²) < 4.78 is 19.2. The zero-order chi connectivity index (χ0) is 11.5. The highest BCUT2D eigenvalue weighted by Crippen LogP contribution is 2.26. The molecule has 0 saturated carbocycles. The lowest BCUT2D eigenvalue weighted by Crippen LogP contribution is -1.96. The Kier molecular flexibility index (Phi) is 3.56. The molecule has 0 aliphatic carbocycles. The van der Waals surface area contributed by atoms with Crippen LogP contribution in [0.4, 0.5) is 4.39 Å². The van der Waals surface area contributed by atoms with E-state index in [9.17, 15) is 4.39 Å². The number of rotatable bonds is 3. The molecule has 0 spiro atoms. The minimum Gasteiger partial charge on any atom is -0.486 e. The van der Waals surface area contributed by atoms with Gasteiger partial charge in [0.1, 0.15) is 18.2 Å². The maximum atomic E-state index is 13.0. The Morgan fingerprint density at radius 2 is 2.31 bits per heavy atom. The summed E-state index contributed by atoms with van der Waals surface area (Å²) in [5.74, 6) is 0.179. The zero-order valence-corrected chi connectivity index (χ0v) is 10.9. The Bertz CT molecular complexity index is 500. The van der Waals surface area contributed by atoms with E-state index in [2.05, 4.69) is 20.9 Å². The van der Waals surface area contributed by atoms with Gasteiger partial charge in [-0.25, -0.2) is 9.37 Å². The molecule has 0 aliphatic heterocycles. The molecular weight excluding hydrogens is 293 g/mol. The lowest BCUT2D eigenvalue weighted by Gasteiger charge is -2.06. The van der Waals surface area contributed by atoms with Crippen LogP contribution in [-0.4, -0.2) is 4.98 Å². The van der Waals surface area contributed by atoms with Gasteiger partial charge in [-0.3, -0.25) is 0 Å². The zero-order valence-electron chi connectivity index (χ0n) is 8.54. The fourth-order valence-electron chi connectivity index (χ4n) is 1.21. The minimum atomic E-state index is -0.312. The van der Waals surface area contributed by atoms with E-state index in [0.29, 0.717) is 12.4 Å². The maximum absolute atomic E-state index is 13.0. The third-order valence-electron chi connectivity index (χ3n) is 1.94. The smallest absolute Gasteiger partial charge is 0.136 e. The van der Waals surface area contributed by atoms with E-state index < -0.39 is 0 Å². The van der Waals surface area contributed by atoms with Crippen molar-refractivity contribution in [1.82, 2.24) is 4.98 Å². The summed E-state index contributed by atoms with van der Waals surface area (Å²) >= 11 is 4.87. The molecule has 1 heterocycles. The van der Waals surface area contributed by atoms with E-state index in [-0.39, 0.29) is 5.82 Å². The van der Waals surface area contributed by atoms with Crippen molar-refractivity contribution in [2.75, 3.05) is 0 Å². The first kappa shape index (κ1) is 11.5. The third-order valence-corrected chi connectivity index (χ3v) is 3.41. The molecule has 0 amide bonds. The largest absolute Gasteiger partial charge is 0.486 e. The number of hydrogen-bond acceptors (Lipinski definition) is 3. The monoisotopic (exact) mass is 301 g/mol. The molecule has 84 valence electrons. The standard InChI is InChI=1S/C11H9BrFNOS/c1-7-14-9(6-16-7)5-15-11-4-8(13)2-3-10(11)12/h2-4,6H,5H2,1H3. The summed E-state index contributed by atoms with van der Waals surface area (Å²) in [5, 5.41) is 2.93. The summed E-state index contributed by atoms with van der Waals surface area (Å²) in [4.78, 5) is 4.26. The number of aryl methyl sites for hydroxylation is 1. The highest BCUT2D eigenvalue weighted by molar-refractivity contribution is 9.10. The fourth-order valence-corrected chi connectivity index (χ4v) is 2.17. The third kappa shape index (κ3) is 2.80. The number of halogens is 2. The fraction of sp³-hybridized carbons (Fsp3) is 0.182. The number of benzene rings is 1. The Hall–Kier alpha value is -0.940. The Morgan fingerprint density at radius 3 is 3.00 bits per heavy atom. The van der Waals surface area contributed by atoms with Gasteiger partial charge in [0.25, 0.3) is 0 Å². The molecular formula is C11H9BrFNOS. The molecule has 0 atom stereocenters. The Balaban J connectivity index is 2.07. The summed E-state index contributed by atoms with van der Waals surface area (Å²) in [6, 6.07) is 4.35. The van der Waals surface area contributed by atoms with Gasteiger partial charge in [0, 0.05) is 11.4 Å². The van der Waals surface area contributed by atoms with Gasteiger partial charge in [-0.1, -0.05) is 0 Å². The number of hydrogen-bond donors (Lipinski definition) is 0. The van der Waals surface area contributed by atoms with Gasteiger partial charge in [0.15, 0.2) is 0 Å². The van der Waals surface area contributed by atoms with E-state index in [1.54, 1.807) is 17.4 Å². The average molecular weight is 302 g/mol. The van der Waals surface area contributed by atoms with Crippen LogP contribution in [0.2, 0.25) is 0 Å². The first-order chi connectivity index (χ1) is 7.65. The molecule has 0 saturated heterocycles. The molecule has 2 rings (SSSR count). The van der Waals surface area contributed by atoms with Crippen LogP contribution in [0.15, 0.2) is 28.1 Å². The van der Waals surface area contributed by atoms with Crippen LogP contribution >= 0.6 is 27.3 Å². The van der Waals surface area contributed by atoms with E-state index in [1.165, 1.54) is 12.1 Å². The van der Waals surface area contributed by atoms with Crippen molar-refractivity contribution in [3.63, 3.8) is 0 Å². The van der Waals surface area contributed by atoms with Crippen LogP contribution in [0.3, 0.4) is 0 Å². The van der Waals surface area contributed by atoms with Crippen LogP contribution in [0.25, 0.3) is 0 Å². The first-order valence-corrected chi connectivity index (χ1v) is 6.31. The van der Waals surface area contributed by atoms with Gasteiger partial charge in [-0.05, 0) is 35.0 Å². The summed E-state index contributed by atoms with van der Waals surface area (Å²) in [7, 11) is 0. The predicted molar refractivity (Wildman–Crippen MR) is 65.3 cm³/mol. The van der Waals surface area contributed by atoms with Crippen molar-refractivity contribution in [2.24, 2.45) is 0 Å². The second kappa shape index (κ2) is 4.93. The predicted octanol–water partition coefficient (Wildman–Crippen LogP) is 3.93. The van der Waals surface area contributed by atoms with E-state index in [4.69, 9.17) is 4.74 Å². The molecule has 1 aromatic heterocycles. The maximum Gasteiger partial charge on any atom is 0.136 e. The topological polar surface area (TPSA) is 22.1 Å². The molecule has 5 heteroatoms. The second-order valence-corrected chi connectivity index (χ2v) is 5.14. The molecule has 1 aromatic carbocycles. The highest BCUT2D eigenvalue weighted by atomic mass is 79.9. The van der Waals surface area contributed by atoms with Crippen molar-refractivity contribution in [3.05, 3.63) is 44.6 Å².